The van der Waals surface area contributed by atoms with Crippen LogP contribution in [0.3, 0.4) is 0 Å². The predicted molar refractivity (Wildman–Crippen MR) is 107 cm³/mol. The molecule has 1 aliphatic carbocycles. The second kappa shape index (κ2) is 12.3. The lowest BCUT2D eigenvalue weighted by atomic mass is 9.84. The van der Waals surface area contributed by atoms with Gasteiger partial charge in [-0.15, -0.1) is 24.0 Å². The number of aliphatic imine (C=N–C) groups is 1. The maximum absolute atomic E-state index is 9.28. The largest absolute Gasteiger partial charge is 0.396 e. The van der Waals surface area contributed by atoms with Crippen LogP contribution in [-0.4, -0.2) is 63.7 Å². The highest BCUT2D eigenvalue weighted by Gasteiger charge is 2.34. The van der Waals surface area contributed by atoms with Crippen LogP contribution in [0.25, 0.3) is 0 Å². The van der Waals surface area contributed by atoms with E-state index in [4.69, 9.17) is 14.5 Å². The Labute approximate surface area is 163 Å². The zero-order chi connectivity index (χ0) is 16.4. The molecule has 1 saturated heterocycles. The van der Waals surface area contributed by atoms with Crippen molar-refractivity contribution in [2.24, 2.45) is 16.3 Å². The van der Waals surface area contributed by atoms with Crippen molar-refractivity contribution in [1.29, 1.82) is 0 Å². The van der Waals surface area contributed by atoms with E-state index >= 15 is 0 Å². The molecule has 1 unspecified atom stereocenters. The van der Waals surface area contributed by atoms with Gasteiger partial charge in [0.15, 0.2) is 5.96 Å². The third-order valence-corrected chi connectivity index (χ3v) is 4.55. The molecule has 7 heteroatoms. The number of guanidine groups is 1. The SMILES string of the molecule is CCNC(=NCC1(CCO)CCOC1)NCCCOCC1CC1.I. The molecule has 24 heavy (non-hydrogen) atoms. The van der Waals surface area contributed by atoms with Crippen LogP contribution >= 0.6 is 24.0 Å². The predicted octanol–water partition coefficient (Wildman–Crippen LogP) is 1.77. The Morgan fingerprint density at radius 3 is 2.83 bits per heavy atom. The number of ether oxygens (including phenoxy) is 2. The molecule has 0 aromatic rings. The van der Waals surface area contributed by atoms with Gasteiger partial charge in [0, 0.05) is 44.9 Å². The van der Waals surface area contributed by atoms with Gasteiger partial charge < -0.3 is 25.2 Å². The van der Waals surface area contributed by atoms with Crippen molar-refractivity contribution in [3.05, 3.63) is 0 Å². The molecular formula is C17H34IN3O3. The second-order valence-corrected chi connectivity index (χ2v) is 6.77. The Hall–Kier alpha value is -0.120. The van der Waals surface area contributed by atoms with Crippen LogP contribution in [0.5, 0.6) is 0 Å². The van der Waals surface area contributed by atoms with Gasteiger partial charge in [-0.3, -0.25) is 4.99 Å². The third-order valence-electron chi connectivity index (χ3n) is 4.55. The van der Waals surface area contributed by atoms with Gasteiger partial charge in [0.1, 0.15) is 0 Å². The molecule has 3 N–H and O–H groups in total. The minimum Gasteiger partial charge on any atom is -0.396 e. The van der Waals surface area contributed by atoms with Crippen molar-refractivity contribution in [1.82, 2.24) is 10.6 Å². The topological polar surface area (TPSA) is 75.1 Å². The van der Waals surface area contributed by atoms with E-state index in [2.05, 4.69) is 17.6 Å². The van der Waals surface area contributed by atoms with E-state index in [1.54, 1.807) is 0 Å². The van der Waals surface area contributed by atoms with Crippen molar-refractivity contribution in [2.45, 2.75) is 39.0 Å². The fourth-order valence-electron chi connectivity index (χ4n) is 2.79. The average molecular weight is 455 g/mol. The van der Waals surface area contributed by atoms with E-state index in [0.717, 1.165) is 64.1 Å². The summed E-state index contributed by atoms with van der Waals surface area (Å²) in [6.07, 6.45) is 5.40. The van der Waals surface area contributed by atoms with Crippen molar-refractivity contribution < 1.29 is 14.6 Å². The molecule has 142 valence electrons. The molecule has 0 spiro atoms. The van der Waals surface area contributed by atoms with Gasteiger partial charge in [-0.25, -0.2) is 0 Å². The molecule has 2 fully saturated rings. The highest BCUT2D eigenvalue weighted by atomic mass is 127. The van der Waals surface area contributed by atoms with E-state index in [0.29, 0.717) is 13.2 Å². The standard InChI is InChI=1S/C17H33N3O3.HI/c1-2-18-16(19-8-3-10-22-12-15-4-5-15)20-13-17(6-9-21)7-11-23-14-17;/h15,21H,2-14H2,1H3,(H2,18,19,20);1H. The van der Waals surface area contributed by atoms with Crippen molar-refractivity contribution in [2.75, 3.05) is 52.7 Å². The van der Waals surface area contributed by atoms with E-state index < -0.39 is 0 Å². The number of rotatable bonds is 11. The fraction of sp³-hybridized carbons (Fsp3) is 0.941. The number of aliphatic hydroxyl groups is 1. The summed E-state index contributed by atoms with van der Waals surface area (Å²) in [6, 6.07) is 0. The lowest BCUT2D eigenvalue weighted by molar-refractivity contribution is 0.123. The molecule has 0 aromatic heterocycles. The Balaban J connectivity index is 0.00000288. The van der Waals surface area contributed by atoms with Gasteiger partial charge in [-0.1, -0.05) is 0 Å². The summed E-state index contributed by atoms with van der Waals surface area (Å²) in [4.78, 5) is 4.70. The zero-order valence-corrected chi connectivity index (χ0v) is 17.2. The summed E-state index contributed by atoms with van der Waals surface area (Å²) in [5.41, 5.74) is 0.00444. The normalized spacial score (nSPS) is 23.8. The Morgan fingerprint density at radius 1 is 1.38 bits per heavy atom. The average Bonchev–Trinajstić information content (AvgIpc) is 3.26. The van der Waals surface area contributed by atoms with Crippen molar-refractivity contribution in [3.63, 3.8) is 0 Å². The molecule has 1 atom stereocenters. The highest BCUT2D eigenvalue weighted by molar-refractivity contribution is 14.0. The molecule has 0 radical (unpaired) electrons. The van der Waals surface area contributed by atoms with Crippen LogP contribution in [0.4, 0.5) is 0 Å². The van der Waals surface area contributed by atoms with E-state index in [1.165, 1.54) is 12.8 Å². The Bertz CT molecular complexity index is 359. The lowest BCUT2D eigenvalue weighted by Gasteiger charge is -2.24. The monoisotopic (exact) mass is 455 g/mol. The first kappa shape index (κ1) is 21.9. The smallest absolute Gasteiger partial charge is 0.191 e. The van der Waals surface area contributed by atoms with Gasteiger partial charge >= 0.3 is 0 Å². The molecule has 0 aromatic carbocycles. The van der Waals surface area contributed by atoms with Crippen LogP contribution in [0.15, 0.2) is 4.99 Å². The van der Waals surface area contributed by atoms with Gasteiger partial charge in [0.05, 0.1) is 13.2 Å². The van der Waals surface area contributed by atoms with E-state index in [-0.39, 0.29) is 36.0 Å². The van der Waals surface area contributed by atoms with E-state index in [9.17, 15) is 5.11 Å². The van der Waals surface area contributed by atoms with Crippen LogP contribution in [-0.2, 0) is 9.47 Å². The number of aliphatic hydroxyl groups excluding tert-OH is 1. The number of hydrogen-bond donors (Lipinski definition) is 3. The maximum Gasteiger partial charge on any atom is 0.191 e. The lowest BCUT2D eigenvalue weighted by Crippen LogP contribution is -2.39. The summed E-state index contributed by atoms with van der Waals surface area (Å²) < 4.78 is 11.2. The summed E-state index contributed by atoms with van der Waals surface area (Å²) >= 11 is 0. The molecule has 0 bridgehead atoms. The molecule has 2 aliphatic rings. The number of nitrogens with one attached hydrogen (secondary N) is 2. The molecule has 0 amide bonds. The summed E-state index contributed by atoms with van der Waals surface area (Å²) in [5, 5.41) is 15.9. The minimum atomic E-state index is 0. The molecule has 6 nitrogen and oxygen atoms in total. The van der Waals surface area contributed by atoms with Crippen LogP contribution < -0.4 is 10.6 Å². The highest BCUT2D eigenvalue weighted by Crippen LogP contribution is 2.32. The number of nitrogens with zero attached hydrogens (tertiary/aromatic N) is 1. The molecule has 2 rings (SSSR count). The third kappa shape index (κ3) is 8.31. The first-order valence-electron chi connectivity index (χ1n) is 9.06. The van der Waals surface area contributed by atoms with Gasteiger partial charge in [-0.2, -0.15) is 0 Å². The quantitative estimate of drug-likeness (QED) is 0.192. The molecular weight excluding hydrogens is 421 g/mol. The maximum atomic E-state index is 9.28. The first-order chi connectivity index (χ1) is 11.3. The Morgan fingerprint density at radius 2 is 2.21 bits per heavy atom. The van der Waals surface area contributed by atoms with Crippen LogP contribution in [0.2, 0.25) is 0 Å². The van der Waals surface area contributed by atoms with Crippen molar-refractivity contribution >= 4 is 29.9 Å². The molecule has 1 saturated carbocycles. The summed E-state index contributed by atoms with van der Waals surface area (Å²) in [6.45, 7) is 7.88. The molecule has 1 heterocycles. The summed E-state index contributed by atoms with van der Waals surface area (Å²) in [5.74, 6) is 1.68. The fourth-order valence-corrected chi connectivity index (χ4v) is 2.79. The van der Waals surface area contributed by atoms with Gasteiger partial charge in [0.25, 0.3) is 0 Å². The number of hydrogen-bond acceptors (Lipinski definition) is 4. The van der Waals surface area contributed by atoms with E-state index in [1.807, 2.05) is 0 Å². The second-order valence-electron chi connectivity index (χ2n) is 6.77. The van der Waals surface area contributed by atoms with Crippen molar-refractivity contribution in [3.8, 4) is 0 Å². The number of halogens is 1. The minimum absolute atomic E-state index is 0. The van der Waals surface area contributed by atoms with Crippen LogP contribution in [0.1, 0.15) is 39.0 Å². The van der Waals surface area contributed by atoms with Gasteiger partial charge in [-0.05, 0) is 44.9 Å². The van der Waals surface area contributed by atoms with Crippen LogP contribution in [0, 0.1) is 11.3 Å². The summed E-state index contributed by atoms with van der Waals surface area (Å²) in [7, 11) is 0. The molecule has 1 aliphatic heterocycles. The van der Waals surface area contributed by atoms with Gasteiger partial charge in [0.2, 0.25) is 0 Å². The Kier molecular flexibility index (Phi) is 11.2. The first-order valence-corrected chi connectivity index (χ1v) is 9.06. The zero-order valence-electron chi connectivity index (χ0n) is 14.9.